The number of nitrogens with one attached hydrogen (secondary N) is 1. The predicted molar refractivity (Wildman–Crippen MR) is 109 cm³/mol. The second-order valence-electron chi connectivity index (χ2n) is 8.01. The molecule has 0 aliphatic heterocycles. The van der Waals surface area contributed by atoms with E-state index in [0.717, 1.165) is 30.7 Å². The van der Waals surface area contributed by atoms with Crippen LogP contribution < -0.4 is 11.2 Å². The molecule has 6 heteroatoms. The lowest BCUT2D eigenvalue weighted by Crippen LogP contribution is -2.35. The molecule has 2 heterocycles. The fourth-order valence-electron chi connectivity index (χ4n) is 4.85. The molecule has 2 aliphatic rings. The largest absolute Gasteiger partial charge is 0.330 e. The Balaban J connectivity index is 1.71. The van der Waals surface area contributed by atoms with Crippen LogP contribution in [-0.2, 0) is 13.1 Å². The summed E-state index contributed by atoms with van der Waals surface area (Å²) in [6.45, 7) is 2.95. The summed E-state index contributed by atoms with van der Waals surface area (Å²) < 4.78 is 3.33. The average molecular weight is 376 g/mol. The third kappa shape index (κ3) is 2.66. The highest BCUT2D eigenvalue weighted by Gasteiger charge is 2.39. The summed E-state index contributed by atoms with van der Waals surface area (Å²) in [6.07, 6.45) is 7.55. The summed E-state index contributed by atoms with van der Waals surface area (Å²) in [4.78, 5) is 33.3. The standard InChI is InChI=1S/C22H24N4O2/c1-2-10-25-21(27)18-20(24-22(25)28)26(13-14-6-4-3-5-7-14)19(23-18)17-12-15-8-9-16(17)11-15/h3-9,15-17H,2,10-13H2,1H3,(H,24,28)/t15-,16+,17?/m0/s1. The van der Waals surface area contributed by atoms with E-state index >= 15 is 0 Å². The average Bonchev–Trinajstić information content (AvgIpc) is 3.41. The van der Waals surface area contributed by atoms with Crippen LogP contribution in [0.2, 0.25) is 0 Å². The first-order valence-electron chi connectivity index (χ1n) is 10.1. The first kappa shape index (κ1) is 17.2. The van der Waals surface area contributed by atoms with Crippen molar-refractivity contribution in [1.82, 2.24) is 19.1 Å². The Hall–Kier alpha value is -2.89. The van der Waals surface area contributed by atoms with Crippen molar-refractivity contribution in [3.63, 3.8) is 0 Å². The molecule has 1 N–H and O–H groups in total. The van der Waals surface area contributed by atoms with Crippen molar-refractivity contribution in [2.75, 3.05) is 0 Å². The zero-order chi connectivity index (χ0) is 19.3. The van der Waals surface area contributed by atoms with Crippen molar-refractivity contribution in [3.05, 3.63) is 74.7 Å². The number of rotatable bonds is 5. The normalized spacial score (nSPS) is 23.1. The molecule has 28 heavy (non-hydrogen) atoms. The van der Waals surface area contributed by atoms with Gasteiger partial charge < -0.3 is 4.57 Å². The Kier molecular flexibility index (Phi) is 4.07. The summed E-state index contributed by atoms with van der Waals surface area (Å²) in [5.74, 6) is 2.31. The minimum Gasteiger partial charge on any atom is -0.309 e. The van der Waals surface area contributed by atoms with E-state index in [1.54, 1.807) is 0 Å². The van der Waals surface area contributed by atoms with Crippen molar-refractivity contribution < 1.29 is 0 Å². The number of benzene rings is 1. The van der Waals surface area contributed by atoms with Crippen LogP contribution >= 0.6 is 0 Å². The minimum absolute atomic E-state index is 0.285. The topological polar surface area (TPSA) is 72.7 Å². The number of aromatic nitrogens is 4. The van der Waals surface area contributed by atoms with Gasteiger partial charge in [0.15, 0.2) is 5.52 Å². The van der Waals surface area contributed by atoms with E-state index in [-0.39, 0.29) is 11.2 Å². The predicted octanol–water partition coefficient (Wildman–Crippen LogP) is 3.02. The van der Waals surface area contributed by atoms with Crippen molar-refractivity contribution in [3.8, 4) is 0 Å². The summed E-state index contributed by atoms with van der Waals surface area (Å²) in [7, 11) is 0. The van der Waals surface area contributed by atoms with Gasteiger partial charge in [-0.1, -0.05) is 49.4 Å². The lowest BCUT2D eigenvalue weighted by atomic mass is 9.93. The molecular formula is C22H24N4O2. The molecule has 1 unspecified atom stereocenters. The molecule has 3 aromatic rings. The van der Waals surface area contributed by atoms with Crippen LogP contribution in [0.15, 0.2) is 52.1 Å². The Morgan fingerprint density at radius 2 is 1.93 bits per heavy atom. The van der Waals surface area contributed by atoms with Crippen LogP contribution in [0.3, 0.4) is 0 Å². The van der Waals surface area contributed by atoms with E-state index in [1.165, 1.54) is 4.57 Å². The van der Waals surface area contributed by atoms with E-state index in [0.29, 0.717) is 42.0 Å². The highest BCUT2D eigenvalue weighted by Crippen LogP contribution is 2.48. The van der Waals surface area contributed by atoms with Gasteiger partial charge >= 0.3 is 5.69 Å². The van der Waals surface area contributed by atoms with Gasteiger partial charge in [-0.3, -0.25) is 14.3 Å². The van der Waals surface area contributed by atoms with Crippen LogP contribution in [0.25, 0.3) is 11.2 Å². The summed E-state index contributed by atoms with van der Waals surface area (Å²) in [5, 5.41) is 0. The maximum Gasteiger partial charge on any atom is 0.330 e. The lowest BCUT2D eigenvalue weighted by Gasteiger charge is -2.19. The molecule has 5 rings (SSSR count). The van der Waals surface area contributed by atoms with Crippen molar-refractivity contribution in [2.24, 2.45) is 11.8 Å². The highest BCUT2D eigenvalue weighted by molar-refractivity contribution is 5.70. The van der Waals surface area contributed by atoms with Gasteiger partial charge in [-0.2, -0.15) is 0 Å². The van der Waals surface area contributed by atoms with Crippen molar-refractivity contribution in [1.29, 1.82) is 0 Å². The highest BCUT2D eigenvalue weighted by atomic mass is 16.2. The van der Waals surface area contributed by atoms with Crippen LogP contribution in [0, 0.1) is 11.8 Å². The van der Waals surface area contributed by atoms with E-state index in [4.69, 9.17) is 4.98 Å². The number of allylic oxidation sites excluding steroid dienone is 2. The van der Waals surface area contributed by atoms with Crippen LogP contribution in [-0.4, -0.2) is 19.1 Å². The Morgan fingerprint density at radius 3 is 2.61 bits per heavy atom. The molecule has 2 bridgehead atoms. The molecule has 1 fully saturated rings. The van der Waals surface area contributed by atoms with Gasteiger partial charge in [-0.25, -0.2) is 9.78 Å². The Bertz CT molecular complexity index is 1170. The number of imidazole rings is 1. The zero-order valence-electron chi connectivity index (χ0n) is 16.0. The van der Waals surface area contributed by atoms with Crippen molar-refractivity contribution >= 4 is 11.2 Å². The molecule has 1 aromatic carbocycles. The summed E-state index contributed by atoms with van der Waals surface area (Å²) in [6, 6.07) is 10.1. The van der Waals surface area contributed by atoms with E-state index in [1.807, 2.05) is 25.1 Å². The van der Waals surface area contributed by atoms with Gasteiger partial charge in [0.2, 0.25) is 0 Å². The third-order valence-corrected chi connectivity index (χ3v) is 6.16. The third-order valence-electron chi connectivity index (χ3n) is 6.16. The number of hydrogen-bond donors (Lipinski definition) is 1. The second kappa shape index (κ2) is 6.62. The Labute approximate surface area is 162 Å². The fourth-order valence-corrected chi connectivity index (χ4v) is 4.85. The molecular weight excluding hydrogens is 352 g/mol. The number of nitrogens with zero attached hydrogens (tertiary/aromatic N) is 3. The number of fused-ring (bicyclic) bond motifs is 3. The Morgan fingerprint density at radius 1 is 1.11 bits per heavy atom. The lowest BCUT2D eigenvalue weighted by molar-refractivity contribution is 0.528. The molecule has 0 amide bonds. The zero-order valence-corrected chi connectivity index (χ0v) is 16.0. The molecule has 0 spiro atoms. The maximum atomic E-state index is 13.0. The van der Waals surface area contributed by atoms with Crippen molar-refractivity contribution in [2.45, 2.75) is 45.2 Å². The van der Waals surface area contributed by atoms with Gasteiger partial charge in [0.1, 0.15) is 11.5 Å². The van der Waals surface area contributed by atoms with E-state index in [2.05, 4.69) is 33.8 Å². The molecule has 0 radical (unpaired) electrons. The first-order valence-corrected chi connectivity index (χ1v) is 10.1. The van der Waals surface area contributed by atoms with Crippen LogP contribution in [0.4, 0.5) is 0 Å². The molecule has 6 nitrogen and oxygen atoms in total. The van der Waals surface area contributed by atoms with Gasteiger partial charge in [-0.05, 0) is 36.7 Å². The van der Waals surface area contributed by atoms with Gasteiger partial charge in [0, 0.05) is 12.5 Å². The van der Waals surface area contributed by atoms with Gasteiger partial charge in [-0.15, -0.1) is 0 Å². The second-order valence-corrected chi connectivity index (χ2v) is 8.01. The number of H-pyrrole nitrogens is 1. The molecule has 2 aromatic heterocycles. The summed E-state index contributed by atoms with van der Waals surface area (Å²) in [5.41, 5.74) is 1.42. The number of aromatic amines is 1. The molecule has 3 atom stereocenters. The monoisotopic (exact) mass is 376 g/mol. The molecule has 1 saturated carbocycles. The fraction of sp³-hybridized carbons (Fsp3) is 0.409. The SMILES string of the molecule is CCCn1c(=O)[nH]c2c(nc(C3C[C@H]4C=C[C@@H]3C4)n2Cc2ccccc2)c1=O. The first-order chi connectivity index (χ1) is 13.7. The van der Waals surface area contributed by atoms with Gasteiger partial charge in [0.25, 0.3) is 5.56 Å². The minimum atomic E-state index is -0.354. The molecule has 0 saturated heterocycles. The van der Waals surface area contributed by atoms with Gasteiger partial charge in [0.05, 0.1) is 6.54 Å². The smallest absolute Gasteiger partial charge is 0.309 e. The number of hydrogen-bond acceptors (Lipinski definition) is 3. The molecule has 2 aliphatic carbocycles. The maximum absolute atomic E-state index is 13.0. The quantitative estimate of drug-likeness (QED) is 0.696. The van der Waals surface area contributed by atoms with Crippen LogP contribution in [0.5, 0.6) is 0 Å². The molecule has 144 valence electrons. The van der Waals surface area contributed by atoms with Crippen LogP contribution in [0.1, 0.15) is 43.5 Å². The van der Waals surface area contributed by atoms with E-state index < -0.39 is 0 Å². The summed E-state index contributed by atoms with van der Waals surface area (Å²) >= 11 is 0. The van der Waals surface area contributed by atoms with E-state index in [9.17, 15) is 9.59 Å².